The van der Waals surface area contributed by atoms with Crippen molar-refractivity contribution >= 4 is 11.6 Å². The van der Waals surface area contributed by atoms with Crippen molar-refractivity contribution in [2.75, 3.05) is 12.4 Å². The molecule has 1 heterocycles. The van der Waals surface area contributed by atoms with Gasteiger partial charge in [0, 0.05) is 11.3 Å². The summed E-state index contributed by atoms with van der Waals surface area (Å²) in [7, 11) is 1.64. The quantitative estimate of drug-likeness (QED) is 0.908. The number of rotatable bonds is 4. The Kier molecular flexibility index (Phi) is 4.09. The highest BCUT2D eigenvalue weighted by atomic mass is 16.5. The molecule has 1 aliphatic heterocycles. The molecule has 0 saturated carbocycles. The van der Waals surface area contributed by atoms with Gasteiger partial charge in [-0.2, -0.15) is 0 Å². The molecule has 0 aromatic heterocycles. The second-order valence-electron chi connectivity index (χ2n) is 5.99. The SMILES string of the molecule is CCC1C(=O)Nc2c1cc(C)cc2C(N)c1ccccc1OC. The number of methoxy groups -OCH3 is 1. The molecule has 23 heavy (non-hydrogen) atoms. The van der Waals surface area contributed by atoms with Gasteiger partial charge in [0.15, 0.2) is 0 Å². The summed E-state index contributed by atoms with van der Waals surface area (Å²) in [5.41, 5.74) is 11.4. The first-order valence-corrected chi connectivity index (χ1v) is 7.90. The fraction of sp³-hybridized carbons (Fsp3) is 0.316. The summed E-state index contributed by atoms with van der Waals surface area (Å²) in [6, 6.07) is 11.5. The third-order valence-electron chi connectivity index (χ3n) is 4.50. The molecular weight excluding hydrogens is 288 g/mol. The van der Waals surface area contributed by atoms with Crippen LogP contribution in [0.15, 0.2) is 36.4 Å². The molecule has 0 radical (unpaired) electrons. The van der Waals surface area contributed by atoms with Gasteiger partial charge in [-0.25, -0.2) is 0 Å². The van der Waals surface area contributed by atoms with E-state index in [1.165, 1.54) is 0 Å². The topological polar surface area (TPSA) is 64.4 Å². The number of nitrogens with two attached hydrogens (primary N) is 1. The number of hydrogen-bond donors (Lipinski definition) is 2. The molecule has 2 unspecified atom stereocenters. The largest absolute Gasteiger partial charge is 0.496 e. The number of nitrogens with one attached hydrogen (secondary N) is 1. The molecule has 0 saturated heterocycles. The maximum Gasteiger partial charge on any atom is 0.232 e. The van der Waals surface area contributed by atoms with Crippen molar-refractivity contribution in [3.63, 3.8) is 0 Å². The van der Waals surface area contributed by atoms with Crippen molar-refractivity contribution in [2.45, 2.75) is 32.2 Å². The molecular formula is C19H22N2O2. The van der Waals surface area contributed by atoms with E-state index in [0.717, 1.165) is 40.1 Å². The molecule has 2 atom stereocenters. The van der Waals surface area contributed by atoms with Crippen LogP contribution in [-0.4, -0.2) is 13.0 Å². The van der Waals surface area contributed by atoms with E-state index in [1.807, 2.05) is 44.2 Å². The smallest absolute Gasteiger partial charge is 0.232 e. The van der Waals surface area contributed by atoms with Crippen LogP contribution in [0.4, 0.5) is 5.69 Å². The van der Waals surface area contributed by atoms with Crippen LogP contribution in [0.3, 0.4) is 0 Å². The van der Waals surface area contributed by atoms with Gasteiger partial charge in [-0.1, -0.05) is 42.8 Å². The minimum Gasteiger partial charge on any atom is -0.496 e. The van der Waals surface area contributed by atoms with Crippen molar-refractivity contribution in [2.24, 2.45) is 5.73 Å². The van der Waals surface area contributed by atoms with E-state index in [9.17, 15) is 4.79 Å². The second kappa shape index (κ2) is 6.05. The van der Waals surface area contributed by atoms with Gasteiger partial charge in [0.2, 0.25) is 5.91 Å². The summed E-state index contributed by atoms with van der Waals surface area (Å²) < 4.78 is 5.43. The van der Waals surface area contributed by atoms with Crippen LogP contribution in [0, 0.1) is 6.92 Å². The van der Waals surface area contributed by atoms with Gasteiger partial charge in [-0.3, -0.25) is 4.79 Å². The van der Waals surface area contributed by atoms with Crippen LogP contribution in [0.1, 0.15) is 47.6 Å². The molecule has 120 valence electrons. The number of anilines is 1. The Morgan fingerprint density at radius 1 is 1.26 bits per heavy atom. The van der Waals surface area contributed by atoms with E-state index in [2.05, 4.69) is 11.4 Å². The highest BCUT2D eigenvalue weighted by molar-refractivity contribution is 6.04. The molecule has 0 aliphatic carbocycles. The van der Waals surface area contributed by atoms with E-state index < -0.39 is 0 Å². The first-order valence-electron chi connectivity index (χ1n) is 7.90. The Balaban J connectivity index is 2.13. The molecule has 0 spiro atoms. The Labute approximate surface area is 136 Å². The molecule has 2 aromatic rings. The number of ether oxygens (including phenoxy) is 1. The van der Waals surface area contributed by atoms with E-state index in [4.69, 9.17) is 10.5 Å². The van der Waals surface area contributed by atoms with Gasteiger partial charge < -0.3 is 15.8 Å². The van der Waals surface area contributed by atoms with Crippen molar-refractivity contribution in [3.05, 3.63) is 58.7 Å². The fourth-order valence-electron chi connectivity index (χ4n) is 3.36. The fourth-order valence-corrected chi connectivity index (χ4v) is 3.36. The lowest BCUT2D eigenvalue weighted by molar-refractivity contribution is -0.117. The van der Waals surface area contributed by atoms with Crippen LogP contribution in [0.2, 0.25) is 0 Å². The average Bonchev–Trinajstić information content (AvgIpc) is 2.88. The highest BCUT2D eigenvalue weighted by Crippen LogP contribution is 2.42. The first kappa shape index (κ1) is 15.6. The van der Waals surface area contributed by atoms with Gasteiger partial charge in [-0.15, -0.1) is 0 Å². The third-order valence-corrected chi connectivity index (χ3v) is 4.50. The van der Waals surface area contributed by atoms with Gasteiger partial charge >= 0.3 is 0 Å². The van der Waals surface area contributed by atoms with Crippen molar-refractivity contribution in [3.8, 4) is 5.75 Å². The zero-order chi connectivity index (χ0) is 16.6. The summed E-state index contributed by atoms with van der Waals surface area (Å²) in [5, 5.41) is 3.02. The molecule has 2 aromatic carbocycles. The van der Waals surface area contributed by atoms with Crippen molar-refractivity contribution in [1.29, 1.82) is 0 Å². The summed E-state index contributed by atoms with van der Waals surface area (Å²) in [4.78, 5) is 12.2. The van der Waals surface area contributed by atoms with Crippen LogP contribution in [0.25, 0.3) is 0 Å². The number of para-hydroxylation sites is 1. The lowest BCUT2D eigenvalue weighted by Gasteiger charge is -2.20. The molecule has 3 N–H and O–H groups in total. The molecule has 0 bridgehead atoms. The predicted molar refractivity (Wildman–Crippen MR) is 91.9 cm³/mol. The zero-order valence-electron chi connectivity index (χ0n) is 13.7. The highest BCUT2D eigenvalue weighted by Gasteiger charge is 2.32. The van der Waals surface area contributed by atoms with Gasteiger partial charge in [0.25, 0.3) is 0 Å². The van der Waals surface area contributed by atoms with Gasteiger partial charge in [0.05, 0.1) is 19.1 Å². The molecule has 4 nitrogen and oxygen atoms in total. The Morgan fingerprint density at radius 2 is 2.00 bits per heavy atom. The first-order chi connectivity index (χ1) is 11.1. The van der Waals surface area contributed by atoms with Crippen molar-refractivity contribution < 1.29 is 9.53 Å². The number of carbonyl (C=O) groups excluding carboxylic acids is 1. The lowest BCUT2D eigenvalue weighted by atomic mass is 9.90. The molecule has 0 fully saturated rings. The number of aryl methyl sites for hydroxylation is 1. The van der Waals surface area contributed by atoms with E-state index in [0.29, 0.717) is 0 Å². The minimum absolute atomic E-state index is 0.0570. The predicted octanol–water partition coefficient (Wildman–Crippen LogP) is 3.50. The normalized spacial score (nSPS) is 17.6. The number of carbonyl (C=O) groups is 1. The lowest BCUT2D eigenvalue weighted by Crippen LogP contribution is -2.16. The van der Waals surface area contributed by atoms with Crippen LogP contribution < -0.4 is 15.8 Å². The van der Waals surface area contributed by atoms with E-state index in [-0.39, 0.29) is 17.9 Å². The number of fused-ring (bicyclic) bond motifs is 1. The molecule has 4 heteroatoms. The van der Waals surface area contributed by atoms with Gasteiger partial charge in [0.1, 0.15) is 5.75 Å². The summed E-state index contributed by atoms with van der Waals surface area (Å²) in [6.07, 6.45) is 0.783. The monoisotopic (exact) mass is 310 g/mol. The molecule has 1 amide bonds. The maximum absolute atomic E-state index is 12.2. The van der Waals surface area contributed by atoms with E-state index >= 15 is 0 Å². The van der Waals surface area contributed by atoms with Gasteiger partial charge in [-0.05, 0) is 30.5 Å². The van der Waals surface area contributed by atoms with Crippen LogP contribution in [-0.2, 0) is 4.79 Å². The minimum atomic E-state index is -0.351. The zero-order valence-corrected chi connectivity index (χ0v) is 13.7. The standard InChI is InChI=1S/C19H22N2O2/c1-4-12-14-9-11(2)10-15(18(14)21-19(12)22)17(20)13-7-5-6-8-16(13)23-3/h5-10,12,17H,4,20H2,1-3H3,(H,21,22). The Hall–Kier alpha value is -2.33. The molecule has 3 rings (SSSR count). The number of benzene rings is 2. The Morgan fingerprint density at radius 3 is 2.70 bits per heavy atom. The van der Waals surface area contributed by atoms with E-state index in [1.54, 1.807) is 7.11 Å². The van der Waals surface area contributed by atoms with Crippen molar-refractivity contribution in [1.82, 2.24) is 0 Å². The van der Waals surface area contributed by atoms with Crippen LogP contribution in [0.5, 0.6) is 5.75 Å². The molecule has 1 aliphatic rings. The number of amides is 1. The second-order valence-corrected chi connectivity index (χ2v) is 5.99. The third kappa shape index (κ3) is 2.59. The Bertz CT molecular complexity index is 755. The summed E-state index contributed by atoms with van der Waals surface area (Å²) in [6.45, 7) is 4.07. The van der Waals surface area contributed by atoms with Crippen LogP contribution >= 0.6 is 0 Å². The average molecular weight is 310 g/mol. The summed E-state index contributed by atoms with van der Waals surface area (Å²) >= 11 is 0. The number of hydrogen-bond acceptors (Lipinski definition) is 3. The summed E-state index contributed by atoms with van der Waals surface area (Å²) in [5.74, 6) is 0.724. The maximum atomic E-state index is 12.2.